The smallest absolute Gasteiger partial charge is 0.335 e. The van der Waals surface area contributed by atoms with Gasteiger partial charge in [0.05, 0.1) is 35.8 Å². The van der Waals surface area contributed by atoms with Gasteiger partial charge in [0.2, 0.25) is 5.88 Å². The molecule has 41 heavy (non-hydrogen) atoms. The van der Waals surface area contributed by atoms with Crippen molar-refractivity contribution in [3.8, 4) is 5.88 Å². The lowest BCUT2D eigenvalue weighted by atomic mass is 10.1. The maximum atomic E-state index is 14.1. The quantitative estimate of drug-likeness (QED) is 0.259. The highest BCUT2D eigenvalue weighted by Crippen LogP contribution is 2.25. The molecule has 4 heterocycles. The Morgan fingerprint density at radius 3 is 2.68 bits per heavy atom. The van der Waals surface area contributed by atoms with Crippen molar-refractivity contribution in [2.45, 2.75) is 51.1 Å². The summed E-state index contributed by atoms with van der Waals surface area (Å²) in [6.07, 6.45) is 2.82. The van der Waals surface area contributed by atoms with Crippen LogP contribution in [0, 0.1) is 5.82 Å². The SMILES string of the molecule is O=C(O)c1ccc2nc(CN3CCC(Oc4cccc(NCc5ccc(Cl)cc5F)n4)CC3)n(CC3CCO3)c2c1. The molecule has 9 nitrogen and oxygen atoms in total. The van der Waals surface area contributed by atoms with E-state index in [0.717, 1.165) is 55.8 Å². The number of likely N-dealkylation sites (tertiary alicyclic amines) is 1. The molecule has 1 atom stereocenters. The van der Waals surface area contributed by atoms with Crippen molar-refractivity contribution in [1.29, 1.82) is 0 Å². The summed E-state index contributed by atoms with van der Waals surface area (Å²) in [6, 6.07) is 15.2. The Morgan fingerprint density at radius 1 is 1.12 bits per heavy atom. The average molecular weight is 580 g/mol. The van der Waals surface area contributed by atoms with Gasteiger partial charge in [0.15, 0.2) is 0 Å². The largest absolute Gasteiger partial charge is 0.478 e. The van der Waals surface area contributed by atoms with Crippen LogP contribution in [0.3, 0.4) is 0 Å². The van der Waals surface area contributed by atoms with Crippen molar-refractivity contribution in [2.24, 2.45) is 0 Å². The Kier molecular flexibility index (Phi) is 8.04. The molecule has 2 aromatic heterocycles. The van der Waals surface area contributed by atoms with E-state index in [1.807, 2.05) is 18.2 Å². The van der Waals surface area contributed by atoms with Crippen LogP contribution in [0.15, 0.2) is 54.6 Å². The maximum absolute atomic E-state index is 14.1. The van der Waals surface area contributed by atoms with Gasteiger partial charge in [-0.3, -0.25) is 4.90 Å². The fourth-order valence-corrected chi connectivity index (χ4v) is 5.41. The van der Waals surface area contributed by atoms with Crippen LogP contribution in [-0.2, 0) is 24.4 Å². The number of fused-ring (bicyclic) bond motifs is 1. The topological polar surface area (TPSA) is 102 Å². The van der Waals surface area contributed by atoms with Crippen LogP contribution < -0.4 is 10.1 Å². The third-order valence-corrected chi connectivity index (χ3v) is 7.87. The van der Waals surface area contributed by atoms with Gasteiger partial charge in [-0.1, -0.05) is 23.7 Å². The highest BCUT2D eigenvalue weighted by atomic mass is 35.5. The van der Waals surface area contributed by atoms with Crippen molar-refractivity contribution in [1.82, 2.24) is 19.4 Å². The first-order valence-electron chi connectivity index (χ1n) is 13.8. The van der Waals surface area contributed by atoms with E-state index < -0.39 is 5.97 Å². The number of ether oxygens (including phenoxy) is 2. The van der Waals surface area contributed by atoms with E-state index in [-0.39, 0.29) is 30.1 Å². The highest BCUT2D eigenvalue weighted by molar-refractivity contribution is 6.30. The molecule has 0 saturated carbocycles. The van der Waals surface area contributed by atoms with Crippen molar-refractivity contribution < 1.29 is 23.8 Å². The molecule has 6 rings (SSSR count). The summed E-state index contributed by atoms with van der Waals surface area (Å²) in [6.45, 7) is 4.04. The van der Waals surface area contributed by atoms with Crippen LogP contribution in [0.25, 0.3) is 11.0 Å². The Labute approximate surface area is 241 Å². The summed E-state index contributed by atoms with van der Waals surface area (Å²) in [5.74, 6) is 0.738. The van der Waals surface area contributed by atoms with Crippen molar-refractivity contribution in [2.75, 3.05) is 25.0 Å². The van der Waals surface area contributed by atoms with E-state index in [2.05, 4.69) is 19.8 Å². The first kappa shape index (κ1) is 27.4. The molecule has 0 radical (unpaired) electrons. The number of aromatic nitrogens is 3. The zero-order valence-corrected chi connectivity index (χ0v) is 23.2. The molecular weight excluding hydrogens is 549 g/mol. The lowest BCUT2D eigenvalue weighted by Gasteiger charge is -2.32. The molecule has 2 fully saturated rings. The Balaban J connectivity index is 1.06. The molecule has 2 aromatic carbocycles. The number of aromatic carboxylic acids is 1. The molecule has 0 amide bonds. The second-order valence-corrected chi connectivity index (χ2v) is 10.9. The predicted octanol–water partition coefficient (Wildman–Crippen LogP) is 5.37. The summed E-state index contributed by atoms with van der Waals surface area (Å²) in [5, 5.41) is 13.0. The van der Waals surface area contributed by atoms with Gasteiger partial charge in [-0.2, -0.15) is 4.98 Å². The van der Waals surface area contributed by atoms with Gasteiger partial charge in [-0.15, -0.1) is 0 Å². The number of carbonyl (C=O) groups is 1. The van der Waals surface area contributed by atoms with Crippen LogP contribution in [0.4, 0.5) is 10.2 Å². The number of rotatable bonds is 10. The number of carboxylic acid groups (broad SMARTS) is 1. The first-order chi connectivity index (χ1) is 19.9. The van der Waals surface area contributed by atoms with E-state index in [1.54, 1.807) is 30.3 Å². The Bertz CT molecular complexity index is 1550. The normalized spacial score (nSPS) is 17.9. The second kappa shape index (κ2) is 12.0. The number of nitrogens with zero attached hydrogens (tertiary/aromatic N) is 4. The fraction of sp³-hybridized carbons (Fsp3) is 0.367. The number of benzene rings is 2. The van der Waals surface area contributed by atoms with Gasteiger partial charge in [0.1, 0.15) is 23.6 Å². The molecule has 4 aromatic rings. The molecule has 1 unspecified atom stereocenters. The number of hydrogen-bond donors (Lipinski definition) is 2. The average Bonchev–Trinajstić information content (AvgIpc) is 3.27. The minimum absolute atomic E-state index is 0.0306. The molecular formula is C30H31ClFN5O4. The van der Waals surface area contributed by atoms with Gasteiger partial charge in [-0.25, -0.2) is 14.2 Å². The van der Waals surface area contributed by atoms with Crippen LogP contribution in [0.5, 0.6) is 5.88 Å². The number of halogens is 2. The third-order valence-electron chi connectivity index (χ3n) is 7.64. The van der Waals surface area contributed by atoms with E-state index in [4.69, 9.17) is 26.1 Å². The number of piperidine rings is 1. The zero-order valence-electron chi connectivity index (χ0n) is 22.4. The van der Waals surface area contributed by atoms with Crippen LogP contribution >= 0.6 is 11.6 Å². The molecule has 0 aliphatic carbocycles. The monoisotopic (exact) mass is 579 g/mol. The van der Waals surface area contributed by atoms with Crippen LogP contribution in [0.2, 0.25) is 5.02 Å². The van der Waals surface area contributed by atoms with Crippen LogP contribution in [0.1, 0.15) is 41.0 Å². The molecule has 0 spiro atoms. The summed E-state index contributed by atoms with van der Waals surface area (Å²) < 4.78 is 28.1. The number of imidazole rings is 1. The molecule has 11 heteroatoms. The zero-order chi connectivity index (χ0) is 28.3. The number of pyridine rings is 1. The van der Waals surface area contributed by atoms with Gasteiger partial charge < -0.3 is 24.5 Å². The molecule has 2 aliphatic rings. The molecule has 214 valence electrons. The van der Waals surface area contributed by atoms with Gasteiger partial charge in [0, 0.05) is 42.9 Å². The van der Waals surface area contributed by atoms with Crippen LogP contribution in [-0.4, -0.2) is 62.4 Å². The predicted molar refractivity (Wildman–Crippen MR) is 153 cm³/mol. The van der Waals surface area contributed by atoms with Gasteiger partial charge in [0.25, 0.3) is 0 Å². The van der Waals surface area contributed by atoms with Crippen molar-refractivity contribution in [3.63, 3.8) is 0 Å². The second-order valence-electron chi connectivity index (χ2n) is 10.5. The molecule has 0 bridgehead atoms. The van der Waals surface area contributed by atoms with Gasteiger partial charge in [-0.05, 0) is 55.7 Å². The minimum atomic E-state index is -0.950. The number of nitrogens with one attached hydrogen (secondary N) is 1. The molecule has 2 saturated heterocycles. The lowest BCUT2D eigenvalue weighted by molar-refractivity contribution is -0.0592. The fourth-order valence-electron chi connectivity index (χ4n) is 5.25. The van der Waals surface area contributed by atoms with E-state index in [0.29, 0.717) is 35.4 Å². The highest BCUT2D eigenvalue weighted by Gasteiger charge is 2.26. The summed E-state index contributed by atoms with van der Waals surface area (Å²) in [7, 11) is 0. The van der Waals surface area contributed by atoms with Gasteiger partial charge >= 0.3 is 5.97 Å². The Morgan fingerprint density at radius 2 is 1.95 bits per heavy atom. The maximum Gasteiger partial charge on any atom is 0.335 e. The minimum Gasteiger partial charge on any atom is -0.478 e. The van der Waals surface area contributed by atoms with Crippen molar-refractivity contribution >= 4 is 34.4 Å². The van der Waals surface area contributed by atoms with E-state index in [1.165, 1.54) is 6.07 Å². The number of hydrogen-bond acceptors (Lipinski definition) is 7. The first-order valence-corrected chi connectivity index (χ1v) is 14.2. The van der Waals surface area contributed by atoms with Crippen molar-refractivity contribution in [3.05, 3.63) is 82.4 Å². The number of carboxylic acids is 1. The van der Waals surface area contributed by atoms with E-state index in [9.17, 15) is 14.3 Å². The summed E-state index contributed by atoms with van der Waals surface area (Å²) >= 11 is 5.84. The Hall–Kier alpha value is -3.73. The molecule has 2 aliphatic heterocycles. The standard InChI is InChI=1S/C30H31ClFN5O4/c31-21-6-4-20(24(32)15-21)16-33-27-2-1-3-29(35-27)41-22-8-11-36(12-9-22)18-28-34-25-7-5-19(30(38)39)14-26(25)37(28)17-23-10-13-40-23/h1-7,14-15,22-23H,8-13,16-18H2,(H,33,35)(H,38,39). The van der Waals surface area contributed by atoms with E-state index >= 15 is 0 Å². The number of anilines is 1. The molecule has 2 N–H and O–H groups in total. The summed E-state index contributed by atoms with van der Waals surface area (Å²) in [5.41, 5.74) is 2.38. The summed E-state index contributed by atoms with van der Waals surface area (Å²) in [4.78, 5) is 23.3. The third kappa shape index (κ3) is 6.45. The lowest BCUT2D eigenvalue weighted by Crippen LogP contribution is -2.39.